The number of likely N-dealkylation sites (tertiary alicyclic amines) is 1. The van der Waals surface area contributed by atoms with E-state index in [1.165, 1.54) is 4.68 Å². The van der Waals surface area contributed by atoms with Gasteiger partial charge in [-0.3, -0.25) is 9.59 Å². The number of nitrogens with one attached hydrogen (secondary N) is 1. The Labute approximate surface area is 139 Å². The van der Waals surface area contributed by atoms with E-state index in [9.17, 15) is 9.59 Å². The standard InChI is InChI=1S/C16H18N4O2.ClH/c21-15-9-13-14(5-6-17-13)19(15)7-8-20-16(22)12-4-2-1-3-11(12)10-18-20;/h1-4,10,13-14,17H,5-9H2;1H/t13-,14-;/m1./s1. The van der Waals surface area contributed by atoms with Crippen LogP contribution < -0.4 is 10.9 Å². The summed E-state index contributed by atoms with van der Waals surface area (Å²) >= 11 is 0. The molecule has 2 fully saturated rings. The maximum absolute atomic E-state index is 12.4. The largest absolute Gasteiger partial charge is 0.336 e. The number of hydrogen-bond acceptors (Lipinski definition) is 4. The summed E-state index contributed by atoms with van der Waals surface area (Å²) in [5.41, 5.74) is -0.0918. The van der Waals surface area contributed by atoms with Crippen LogP contribution in [0.4, 0.5) is 0 Å². The van der Waals surface area contributed by atoms with Crippen molar-refractivity contribution in [2.24, 2.45) is 0 Å². The summed E-state index contributed by atoms with van der Waals surface area (Å²) in [6.45, 7) is 1.96. The first-order valence-corrected chi connectivity index (χ1v) is 7.72. The van der Waals surface area contributed by atoms with Gasteiger partial charge in [-0.15, -0.1) is 12.4 Å². The predicted molar refractivity (Wildman–Crippen MR) is 89.8 cm³/mol. The van der Waals surface area contributed by atoms with Crippen LogP contribution in [0.5, 0.6) is 0 Å². The normalized spacial score (nSPS) is 23.1. The molecule has 7 heteroatoms. The molecule has 2 atom stereocenters. The van der Waals surface area contributed by atoms with Gasteiger partial charge in [0.25, 0.3) is 5.56 Å². The van der Waals surface area contributed by atoms with E-state index in [0.29, 0.717) is 24.9 Å². The van der Waals surface area contributed by atoms with Crippen LogP contribution >= 0.6 is 12.4 Å². The van der Waals surface area contributed by atoms with Crippen molar-refractivity contribution in [1.82, 2.24) is 20.0 Å². The van der Waals surface area contributed by atoms with E-state index in [1.54, 1.807) is 6.20 Å². The molecule has 0 spiro atoms. The number of carbonyl (C=O) groups excluding carboxylic acids is 1. The van der Waals surface area contributed by atoms with Crippen LogP contribution in [0.2, 0.25) is 0 Å². The predicted octanol–water partition coefficient (Wildman–Crippen LogP) is 0.781. The number of amides is 1. The summed E-state index contributed by atoms with van der Waals surface area (Å²) in [4.78, 5) is 26.4. The minimum atomic E-state index is -0.0918. The van der Waals surface area contributed by atoms with E-state index in [-0.39, 0.29) is 36.0 Å². The van der Waals surface area contributed by atoms with Crippen molar-refractivity contribution in [3.63, 3.8) is 0 Å². The average molecular weight is 335 g/mol. The quantitative estimate of drug-likeness (QED) is 0.901. The molecule has 0 unspecified atom stereocenters. The highest BCUT2D eigenvalue weighted by atomic mass is 35.5. The molecule has 2 saturated heterocycles. The molecule has 3 heterocycles. The van der Waals surface area contributed by atoms with E-state index in [4.69, 9.17) is 0 Å². The molecule has 0 saturated carbocycles. The number of benzene rings is 1. The molecule has 4 rings (SSSR count). The van der Waals surface area contributed by atoms with Gasteiger partial charge in [0.05, 0.1) is 18.1 Å². The Bertz CT molecular complexity index is 791. The van der Waals surface area contributed by atoms with Gasteiger partial charge in [0.15, 0.2) is 0 Å². The minimum Gasteiger partial charge on any atom is -0.336 e. The van der Waals surface area contributed by atoms with E-state index < -0.39 is 0 Å². The van der Waals surface area contributed by atoms with Crippen LogP contribution in [0.1, 0.15) is 12.8 Å². The maximum Gasteiger partial charge on any atom is 0.274 e. The number of hydrogen-bond donors (Lipinski definition) is 1. The third-order valence-electron chi connectivity index (χ3n) is 4.74. The Morgan fingerprint density at radius 3 is 2.91 bits per heavy atom. The van der Waals surface area contributed by atoms with Gasteiger partial charge in [0.2, 0.25) is 5.91 Å². The lowest BCUT2D eigenvalue weighted by molar-refractivity contribution is -0.129. The average Bonchev–Trinajstić information content (AvgIpc) is 3.08. The van der Waals surface area contributed by atoms with Crippen molar-refractivity contribution < 1.29 is 4.79 Å². The molecule has 0 radical (unpaired) electrons. The lowest BCUT2D eigenvalue weighted by Gasteiger charge is -2.23. The zero-order valence-corrected chi connectivity index (χ0v) is 13.5. The second-order valence-electron chi connectivity index (χ2n) is 5.97. The molecule has 1 aromatic carbocycles. The van der Waals surface area contributed by atoms with E-state index >= 15 is 0 Å². The van der Waals surface area contributed by atoms with Crippen LogP contribution in [0.3, 0.4) is 0 Å². The number of aromatic nitrogens is 2. The molecule has 0 aliphatic carbocycles. The van der Waals surface area contributed by atoms with Gasteiger partial charge in [-0.05, 0) is 19.0 Å². The van der Waals surface area contributed by atoms with Crippen molar-refractivity contribution in [2.75, 3.05) is 13.1 Å². The van der Waals surface area contributed by atoms with Gasteiger partial charge < -0.3 is 10.2 Å². The van der Waals surface area contributed by atoms with Crippen LogP contribution in [-0.2, 0) is 11.3 Å². The fraction of sp³-hybridized carbons (Fsp3) is 0.438. The molecule has 2 aliphatic heterocycles. The first kappa shape index (κ1) is 16.0. The van der Waals surface area contributed by atoms with Gasteiger partial charge in [-0.25, -0.2) is 4.68 Å². The molecule has 2 aliphatic rings. The van der Waals surface area contributed by atoms with Gasteiger partial charge >= 0.3 is 0 Å². The summed E-state index contributed by atoms with van der Waals surface area (Å²) in [7, 11) is 0. The van der Waals surface area contributed by atoms with Crippen molar-refractivity contribution in [2.45, 2.75) is 31.5 Å². The summed E-state index contributed by atoms with van der Waals surface area (Å²) in [5.74, 6) is 0.177. The Morgan fingerprint density at radius 1 is 1.22 bits per heavy atom. The molecule has 6 nitrogen and oxygen atoms in total. The lowest BCUT2D eigenvalue weighted by Crippen LogP contribution is -2.39. The zero-order valence-electron chi connectivity index (χ0n) is 12.6. The topological polar surface area (TPSA) is 67.2 Å². The summed E-state index contributed by atoms with van der Waals surface area (Å²) < 4.78 is 1.46. The number of fused-ring (bicyclic) bond motifs is 2. The number of carbonyl (C=O) groups is 1. The number of halogens is 1. The fourth-order valence-electron chi connectivity index (χ4n) is 3.61. The molecule has 23 heavy (non-hydrogen) atoms. The second-order valence-corrected chi connectivity index (χ2v) is 5.97. The highest BCUT2D eigenvalue weighted by Crippen LogP contribution is 2.25. The SMILES string of the molecule is Cl.O=C1C[C@H]2NCC[C@H]2N1CCn1ncc2ccccc2c1=O. The first-order valence-electron chi connectivity index (χ1n) is 7.72. The molecule has 122 valence electrons. The Kier molecular flexibility index (Phi) is 4.37. The maximum atomic E-state index is 12.4. The smallest absolute Gasteiger partial charge is 0.274 e. The van der Waals surface area contributed by atoms with Crippen LogP contribution in [-0.4, -0.2) is 45.8 Å². The molecule has 1 N–H and O–H groups in total. The van der Waals surface area contributed by atoms with Crippen LogP contribution in [0.25, 0.3) is 10.8 Å². The van der Waals surface area contributed by atoms with E-state index in [0.717, 1.165) is 18.4 Å². The second kappa shape index (κ2) is 6.29. The van der Waals surface area contributed by atoms with Gasteiger partial charge in [-0.2, -0.15) is 5.10 Å². The van der Waals surface area contributed by atoms with Crippen molar-refractivity contribution in [3.8, 4) is 0 Å². The minimum absolute atomic E-state index is 0. The Balaban J connectivity index is 0.00000156. The van der Waals surface area contributed by atoms with Gasteiger partial charge in [0.1, 0.15) is 0 Å². The molecule has 1 amide bonds. The molecule has 0 bridgehead atoms. The third-order valence-corrected chi connectivity index (χ3v) is 4.74. The van der Waals surface area contributed by atoms with Crippen LogP contribution in [0, 0.1) is 0 Å². The van der Waals surface area contributed by atoms with Crippen molar-refractivity contribution in [3.05, 3.63) is 40.8 Å². The molecule has 2 aromatic rings. The highest BCUT2D eigenvalue weighted by molar-refractivity contribution is 5.85. The molecular weight excluding hydrogens is 316 g/mol. The fourth-order valence-corrected chi connectivity index (χ4v) is 3.61. The monoisotopic (exact) mass is 334 g/mol. The molecular formula is C16H19ClN4O2. The Morgan fingerprint density at radius 2 is 2.04 bits per heavy atom. The highest BCUT2D eigenvalue weighted by Gasteiger charge is 2.41. The lowest BCUT2D eigenvalue weighted by atomic mass is 10.1. The van der Waals surface area contributed by atoms with Crippen molar-refractivity contribution >= 4 is 29.1 Å². The molecule has 1 aromatic heterocycles. The van der Waals surface area contributed by atoms with Gasteiger partial charge in [-0.1, -0.05) is 18.2 Å². The van der Waals surface area contributed by atoms with E-state index in [2.05, 4.69) is 10.4 Å². The van der Waals surface area contributed by atoms with Gasteiger partial charge in [0, 0.05) is 30.4 Å². The number of rotatable bonds is 3. The summed E-state index contributed by atoms with van der Waals surface area (Å²) in [6, 6.07) is 8.01. The summed E-state index contributed by atoms with van der Waals surface area (Å²) in [6.07, 6.45) is 3.28. The van der Waals surface area contributed by atoms with E-state index in [1.807, 2.05) is 29.2 Å². The number of nitrogens with zero attached hydrogens (tertiary/aromatic N) is 3. The van der Waals surface area contributed by atoms with Crippen molar-refractivity contribution in [1.29, 1.82) is 0 Å². The zero-order chi connectivity index (χ0) is 15.1. The first-order chi connectivity index (χ1) is 10.7. The third kappa shape index (κ3) is 2.72. The van der Waals surface area contributed by atoms with Crippen LogP contribution in [0.15, 0.2) is 35.3 Å². The summed E-state index contributed by atoms with van der Waals surface area (Å²) in [5, 5.41) is 9.11. The Hall–Kier alpha value is -1.92.